The Labute approximate surface area is 169 Å². The molecule has 3 N–H and O–H groups in total. The van der Waals surface area contributed by atoms with Crippen molar-refractivity contribution in [2.45, 2.75) is 0 Å². The van der Waals surface area contributed by atoms with Crippen molar-refractivity contribution in [2.75, 3.05) is 11.9 Å². The molecule has 0 aliphatic carbocycles. The van der Waals surface area contributed by atoms with Gasteiger partial charge < -0.3 is 15.5 Å². The van der Waals surface area contributed by atoms with Crippen LogP contribution in [0, 0.1) is 0 Å². The number of thiocarbonyl (C=S) groups is 1. The SMILES string of the molecule is O=C(CN1C(=O)/C(=C/c2ccc(O)cc2)SC1=S)Nc1ccc(C(=O)O)cc1. The number of carbonyl (C=O) groups is 3. The van der Waals surface area contributed by atoms with E-state index in [0.717, 1.165) is 17.3 Å². The van der Waals surface area contributed by atoms with Gasteiger partial charge in [0.1, 0.15) is 16.6 Å². The molecule has 1 heterocycles. The van der Waals surface area contributed by atoms with E-state index in [0.29, 0.717) is 10.6 Å². The predicted octanol–water partition coefficient (Wildman–Crippen LogP) is 2.93. The number of nitrogens with one attached hydrogen (secondary N) is 1. The average Bonchev–Trinajstić information content (AvgIpc) is 2.91. The van der Waals surface area contributed by atoms with Gasteiger partial charge in [0, 0.05) is 5.69 Å². The van der Waals surface area contributed by atoms with Crippen molar-refractivity contribution in [1.82, 2.24) is 4.90 Å². The second-order valence-electron chi connectivity index (χ2n) is 5.79. The van der Waals surface area contributed by atoms with E-state index < -0.39 is 11.9 Å². The molecule has 0 atom stereocenters. The van der Waals surface area contributed by atoms with Crippen LogP contribution in [0.25, 0.3) is 6.08 Å². The first-order chi connectivity index (χ1) is 13.3. The summed E-state index contributed by atoms with van der Waals surface area (Å²) in [6, 6.07) is 12.0. The maximum Gasteiger partial charge on any atom is 0.335 e. The summed E-state index contributed by atoms with van der Waals surface area (Å²) in [5.41, 5.74) is 1.25. The summed E-state index contributed by atoms with van der Waals surface area (Å²) in [6.07, 6.45) is 1.64. The number of aromatic hydroxyl groups is 1. The maximum absolute atomic E-state index is 12.5. The van der Waals surface area contributed by atoms with Gasteiger partial charge in [0.05, 0.1) is 10.5 Å². The molecule has 2 amide bonds. The zero-order chi connectivity index (χ0) is 20.3. The molecule has 142 valence electrons. The number of benzene rings is 2. The Morgan fingerprint density at radius 1 is 1.11 bits per heavy atom. The van der Waals surface area contributed by atoms with E-state index in [2.05, 4.69) is 5.32 Å². The predicted molar refractivity (Wildman–Crippen MR) is 110 cm³/mol. The number of phenolic OH excluding ortho intramolecular Hbond substituents is 1. The van der Waals surface area contributed by atoms with Gasteiger partial charge in [-0.2, -0.15) is 0 Å². The summed E-state index contributed by atoms with van der Waals surface area (Å²) in [7, 11) is 0. The monoisotopic (exact) mass is 414 g/mol. The van der Waals surface area contributed by atoms with Crippen LogP contribution in [0.2, 0.25) is 0 Å². The molecule has 0 bridgehead atoms. The molecule has 1 fully saturated rings. The number of phenols is 1. The van der Waals surface area contributed by atoms with E-state index in [-0.39, 0.29) is 28.1 Å². The Balaban J connectivity index is 1.65. The molecule has 0 aromatic heterocycles. The lowest BCUT2D eigenvalue weighted by Gasteiger charge is -2.14. The fourth-order valence-corrected chi connectivity index (χ4v) is 3.65. The minimum absolute atomic E-state index is 0.106. The van der Waals surface area contributed by atoms with Crippen molar-refractivity contribution in [3.05, 3.63) is 64.6 Å². The number of anilines is 1. The van der Waals surface area contributed by atoms with Gasteiger partial charge in [0.2, 0.25) is 5.91 Å². The first-order valence-electron chi connectivity index (χ1n) is 8.01. The van der Waals surface area contributed by atoms with Gasteiger partial charge in [-0.15, -0.1) is 0 Å². The fourth-order valence-electron chi connectivity index (χ4n) is 2.40. The molecule has 0 radical (unpaired) electrons. The number of amides is 2. The molecule has 0 spiro atoms. The molecule has 2 aromatic carbocycles. The topological polar surface area (TPSA) is 107 Å². The zero-order valence-electron chi connectivity index (χ0n) is 14.3. The third kappa shape index (κ3) is 4.56. The number of carbonyl (C=O) groups excluding carboxylic acids is 2. The molecule has 3 rings (SSSR count). The number of thioether (sulfide) groups is 1. The van der Waals surface area contributed by atoms with Crippen molar-refractivity contribution >= 4 is 57.8 Å². The third-order valence-electron chi connectivity index (χ3n) is 3.78. The van der Waals surface area contributed by atoms with Crippen LogP contribution in [0.1, 0.15) is 15.9 Å². The molecule has 1 aliphatic rings. The minimum atomic E-state index is -1.06. The average molecular weight is 414 g/mol. The van der Waals surface area contributed by atoms with Crippen LogP contribution in [0.15, 0.2) is 53.4 Å². The van der Waals surface area contributed by atoms with Gasteiger partial charge in [0.15, 0.2) is 0 Å². The van der Waals surface area contributed by atoms with Gasteiger partial charge in [-0.05, 0) is 48.0 Å². The molecule has 1 aliphatic heterocycles. The van der Waals surface area contributed by atoms with Gasteiger partial charge >= 0.3 is 5.97 Å². The van der Waals surface area contributed by atoms with Crippen LogP contribution >= 0.6 is 24.0 Å². The normalized spacial score (nSPS) is 15.1. The lowest BCUT2D eigenvalue weighted by atomic mass is 10.2. The van der Waals surface area contributed by atoms with E-state index in [4.69, 9.17) is 17.3 Å². The Hall–Kier alpha value is -3.17. The first-order valence-corrected chi connectivity index (χ1v) is 9.23. The van der Waals surface area contributed by atoms with Gasteiger partial charge in [-0.3, -0.25) is 14.5 Å². The quantitative estimate of drug-likeness (QED) is 0.510. The second-order valence-corrected chi connectivity index (χ2v) is 7.47. The van der Waals surface area contributed by atoms with Crippen LogP contribution in [0.3, 0.4) is 0 Å². The Morgan fingerprint density at radius 3 is 2.36 bits per heavy atom. The molecule has 0 unspecified atom stereocenters. The van der Waals surface area contributed by atoms with E-state index >= 15 is 0 Å². The molecule has 28 heavy (non-hydrogen) atoms. The minimum Gasteiger partial charge on any atom is -0.508 e. The van der Waals surface area contributed by atoms with Crippen LogP contribution < -0.4 is 5.32 Å². The van der Waals surface area contributed by atoms with Crippen LogP contribution in [-0.2, 0) is 9.59 Å². The summed E-state index contributed by atoms with van der Waals surface area (Å²) < 4.78 is 0.270. The molecule has 9 heteroatoms. The largest absolute Gasteiger partial charge is 0.508 e. The molecule has 2 aromatic rings. The molecule has 7 nitrogen and oxygen atoms in total. The van der Waals surface area contributed by atoms with Gasteiger partial charge in [-0.25, -0.2) is 4.79 Å². The highest BCUT2D eigenvalue weighted by Gasteiger charge is 2.33. The fraction of sp³-hybridized carbons (Fsp3) is 0.0526. The first kappa shape index (κ1) is 19.6. The molecular formula is C19H14N2O5S2. The van der Waals surface area contributed by atoms with Crippen molar-refractivity contribution < 1.29 is 24.6 Å². The number of carboxylic acid groups (broad SMARTS) is 1. The number of hydrogen-bond acceptors (Lipinski definition) is 6. The zero-order valence-corrected chi connectivity index (χ0v) is 15.9. The highest BCUT2D eigenvalue weighted by atomic mass is 32.2. The van der Waals surface area contributed by atoms with Crippen molar-refractivity contribution in [2.24, 2.45) is 0 Å². The number of hydrogen-bond donors (Lipinski definition) is 3. The summed E-state index contributed by atoms with van der Waals surface area (Å²) in [4.78, 5) is 37.2. The van der Waals surface area contributed by atoms with E-state index in [1.807, 2.05) is 0 Å². The highest BCUT2D eigenvalue weighted by Crippen LogP contribution is 2.32. The summed E-state index contributed by atoms with van der Waals surface area (Å²) in [5.74, 6) is -1.77. The number of nitrogens with zero attached hydrogens (tertiary/aromatic N) is 1. The van der Waals surface area contributed by atoms with Gasteiger partial charge in [0.25, 0.3) is 5.91 Å². The Morgan fingerprint density at radius 2 is 1.75 bits per heavy atom. The number of aromatic carboxylic acids is 1. The third-order valence-corrected chi connectivity index (χ3v) is 5.16. The molecule has 1 saturated heterocycles. The summed E-state index contributed by atoms with van der Waals surface area (Å²) in [6.45, 7) is -0.252. The summed E-state index contributed by atoms with van der Waals surface area (Å²) >= 11 is 6.30. The summed E-state index contributed by atoms with van der Waals surface area (Å²) in [5, 5.41) is 20.8. The van der Waals surface area contributed by atoms with Crippen LogP contribution in [0.5, 0.6) is 5.75 Å². The van der Waals surface area contributed by atoms with Gasteiger partial charge in [-0.1, -0.05) is 36.1 Å². The standard InChI is InChI=1S/C19H14N2O5S2/c22-14-7-1-11(2-8-14)9-15-17(24)21(19(27)28-15)10-16(23)20-13-5-3-12(4-6-13)18(25)26/h1-9,22H,10H2,(H,20,23)(H,25,26)/b15-9-. The van der Waals surface area contributed by atoms with E-state index in [1.54, 1.807) is 18.2 Å². The smallest absolute Gasteiger partial charge is 0.335 e. The van der Waals surface area contributed by atoms with Crippen molar-refractivity contribution in [1.29, 1.82) is 0 Å². The van der Waals surface area contributed by atoms with E-state index in [9.17, 15) is 19.5 Å². The Bertz CT molecular complexity index is 984. The second kappa shape index (κ2) is 8.24. The van der Waals surface area contributed by atoms with Crippen LogP contribution in [0.4, 0.5) is 5.69 Å². The maximum atomic E-state index is 12.5. The van der Waals surface area contributed by atoms with Crippen molar-refractivity contribution in [3.63, 3.8) is 0 Å². The molecular weight excluding hydrogens is 400 g/mol. The number of rotatable bonds is 5. The highest BCUT2D eigenvalue weighted by molar-refractivity contribution is 8.26. The van der Waals surface area contributed by atoms with Crippen molar-refractivity contribution in [3.8, 4) is 5.75 Å². The van der Waals surface area contributed by atoms with Crippen LogP contribution in [-0.4, -0.2) is 43.8 Å². The lowest BCUT2D eigenvalue weighted by molar-refractivity contribution is -0.126. The van der Waals surface area contributed by atoms with E-state index in [1.165, 1.54) is 41.3 Å². The molecule has 0 saturated carbocycles. The Kier molecular flexibility index (Phi) is 5.76. The number of carboxylic acids is 1. The lowest BCUT2D eigenvalue weighted by Crippen LogP contribution is -2.36.